The molecule has 0 aliphatic carbocycles. The van der Waals surface area contributed by atoms with Crippen LogP contribution in [-0.2, 0) is 12.3 Å². The summed E-state index contributed by atoms with van der Waals surface area (Å²) in [6.45, 7) is 4.37. The van der Waals surface area contributed by atoms with Gasteiger partial charge in [-0.05, 0) is 31.9 Å². The Kier molecular flexibility index (Phi) is 4.02. The fraction of sp³-hybridized carbons (Fsp3) is 0.429. The van der Waals surface area contributed by atoms with Crippen molar-refractivity contribution in [1.29, 1.82) is 0 Å². The molecule has 1 heterocycles. The van der Waals surface area contributed by atoms with Gasteiger partial charge in [0.2, 0.25) is 12.5 Å². The molecule has 0 aromatic heterocycles. The van der Waals surface area contributed by atoms with Crippen LogP contribution >= 0.6 is 11.6 Å². The molecule has 1 aliphatic heterocycles. The van der Waals surface area contributed by atoms with E-state index in [-0.39, 0.29) is 6.79 Å². The highest BCUT2D eigenvalue weighted by molar-refractivity contribution is 6.17. The molecule has 0 spiro atoms. The highest BCUT2D eigenvalue weighted by Crippen LogP contribution is 2.45. The van der Waals surface area contributed by atoms with Crippen molar-refractivity contribution in [2.75, 3.05) is 13.9 Å². The van der Waals surface area contributed by atoms with Gasteiger partial charge in [-0.1, -0.05) is 11.6 Å². The lowest BCUT2D eigenvalue weighted by Crippen LogP contribution is -1.98. The average Bonchev–Trinajstić information content (AvgIpc) is 2.81. The van der Waals surface area contributed by atoms with E-state index in [1.54, 1.807) is 7.11 Å². The van der Waals surface area contributed by atoms with Crippen LogP contribution < -0.4 is 14.2 Å². The third-order valence-corrected chi connectivity index (χ3v) is 3.17. The summed E-state index contributed by atoms with van der Waals surface area (Å²) in [5.41, 5.74) is 3.35. The topological polar surface area (TPSA) is 27.7 Å². The smallest absolute Gasteiger partial charge is 0.231 e. The number of alkyl halides is 1. The second-order valence-electron chi connectivity index (χ2n) is 4.40. The molecule has 0 saturated heterocycles. The summed E-state index contributed by atoms with van der Waals surface area (Å²) in [7, 11) is 1.64. The van der Waals surface area contributed by atoms with Crippen LogP contribution in [0.15, 0.2) is 17.7 Å². The Hall–Kier alpha value is -1.35. The lowest BCUT2D eigenvalue weighted by atomic mass is 10.0. The highest BCUT2D eigenvalue weighted by atomic mass is 35.5. The largest absolute Gasteiger partial charge is 0.492 e. The molecule has 18 heavy (non-hydrogen) atoms. The summed E-state index contributed by atoms with van der Waals surface area (Å²) >= 11 is 6.01. The van der Waals surface area contributed by atoms with Crippen molar-refractivity contribution in [2.45, 2.75) is 26.1 Å². The van der Waals surface area contributed by atoms with Crippen LogP contribution in [0.3, 0.4) is 0 Å². The van der Waals surface area contributed by atoms with Crippen LogP contribution in [0.5, 0.6) is 17.2 Å². The summed E-state index contributed by atoms with van der Waals surface area (Å²) in [5, 5.41) is 0. The van der Waals surface area contributed by atoms with Crippen molar-refractivity contribution in [3.8, 4) is 17.2 Å². The summed E-state index contributed by atoms with van der Waals surface area (Å²) < 4.78 is 16.3. The Balaban J connectivity index is 2.51. The van der Waals surface area contributed by atoms with Gasteiger partial charge >= 0.3 is 0 Å². The zero-order valence-corrected chi connectivity index (χ0v) is 11.6. The Labute approximate surface area is 112 Å². The number of benzene rings is 1. The number of allylic oxidation sites excluding steroid dienone is 2. The first-order valence-electron chi connectivity index (χ1n) is 5.85. The van der Waals surface area contributed by atoms with Crippen LogP contribution in [0.1, 0.15) is 25.0 Å². The van der Waals surface area contributed by atoms with E-state index in [1.165, 1.54) is 5.57 Å². The molecule has 98 valence electrons. The van der Waals surface area contributed by atoms with Crippen LogP contribution in [-0.4, -0.2) is 13.9 Å². The van der Waals surface area contributed by atoms with Gasteiger partial charge in [-0.25, -0.2) is 0 Å². The second kappa shape index (κ2) is 5.53. The number of hydrogen-bond acceptors (Lipinski definition) is 3. The molecular weight excluding hydrogens is 252 g/mol. The molecule has 1 aromatic carbocycles. The third-order valence-electron chi connectivity index (χ3n) is 2.88. The molecular formula is C14H17ClO3. The van der Waals surface area contributed by atoms with Crippen LogP contribution in [0.25, 0.3) is 0 Å². The number of rotatable bonds is 4. The minimum atomic E-state index is 0.236. The fourth-order valence-electron chi connectivity index (χ4n) is 1.97. The normalized spacial score (nSPS) is 12.4. The second-order valence-corrected chi connectivity index (χ2v) is 4.67. The maximum absolute atomic E-state index is 6.01. The van der Waals surface area contributed by atoms with E-state index >= 15 is 0 Å². The number of methoxy groups -OCH3 is 1. The van der Waals surface area contributed by atoms with Gasteiger partial charge < -0.3 is 14.2 Å². The SMILES string of the molecule is COc1c(CC=C(C)C)c(CCl)cc2c1OCO2. The molecule has 0 unspecified atom stereocenters. The maximum Gasteiger partial charge on any atom is 0.231 e. The van der Waals surface area contributed by atoms with Crippen LogP contribution in [0, 0.1) is 0 Å². The molecule has 1 aromatic rings. The van der Waals surface area contributed by atoms with Gasteiger partial charge in [-0.3, -0.25) is 0 Å². The molecule has 0 amide bonds. The number of halogens is 1. The Morgan fingerprint density at radius 3 is 2.83 bits per heavy atom. The molecule has 0 N–H and O–H groups in total. The predicted octanol–water partition coefficient (Wildman–Crippen LogP) is 3.67. The van der Waals surface area contributed by atoms with E-state index in [2.05, 4.69) is 19.9 Å². The predicted molar refractivity (Wildman–Crippen MR) is 71.8 cm³/mol. The molecule has 0 bridgehead atoms. The summed E-state index contributed by atoms with van der Waals surface area (Å²) in [5.74, 6) is 2.56. The Morgan fingerprint density at radius 2 is 2.22 bits per heavy atom. The zero-order chi connectivity index (χ0) is 13.1. The average molecular weight is 269 g/mol. The van der Waals surface area contributed by atoms with E-state index in [4.69, 9.17) is 25.8 Å². The first-order valence-corrected chi connectivity index (χ1v) is 6.38. The minimum absolute atomic E-state index is 0.236. The lowest BCUT2D eigenvalue weighted by molar-refractivity contribution is 0.171. The van der Waals surface area contributed by atoms with Gasteiger partial charge in [-0.15, -0.1) is 11.6 Å². The van der Waals surface area contributed by atoms with Crippen LogP contribution in [0.2, 0.25) is 0 Å². The van der Waals surface area contributed by atoms with E-state index in [9.17, 15) is 0 Å². The molecule has 2 rings (SSSR count). The maximum atomic E-state index is 6.01. The molecule has 0 atom stereocenters. The number of ether oxygens (including phenoxy) is 3. The monoisotopic (exact) mass is 268 g/mol. The quantitative estimate of drug-likeness (QED) is 0.616. The summed E-state index contributed by atoms with van der Waals surface area (Å²) in [6.07, 6.45) is 2.93. The Morgan fingerprint density at radius 1 is 1.44 bits per heavy atom. The number of fused-ring (bicyclic) bond motifs is 1. The molecule has 4 heteroatoms. The van der Waals surface area contributed by atoms with Crippen molar-refractivity contribution in [3.05, 3.63) is 28.8 Å². The van der Waals surface area contributed by atoms with E-state index in [0.29, 0.717) is 17.4 Å². The lowest BCUT2D eigenvalue weighted by Gasteiger charge is -2.14. The zero-order valence-electron chi connectivity index (χ0n) is 10.9. The molecule has 0 radical (unpaired) electrons. The molecule has 3 nitrogen and oxygen atoms in total. The van der Waals surface area contributed by atoms with Crippen molar-refractivity contribution in [1.82, 2.24) is 0 Å². The first-order chi connectivity index (χ1) is 8.67. The van der Waals surface area contributed by atoms with Crippen molar-refractivity contribution in [3.63, 3.8) is 0 Å². The Bertz CT molecular complexity index is 476. The summed E-state index contributed by atoms with van der Waals surface area (Å²) in [4.78, 5) is 0. The van der Waals surface area contributed by atoms with Gasteiger partial charge in [0.25, 0.3) is 0 Å². The van der Waals surface area contributed by atoms with E-state index < -0.39 is 0 Å². The van der Waals surface area contributed by atoms with Gasteiger partial charge in [0.05, 0.1) is 7.11 Å². The van der Waals surface area contributed by atoms with Crippen LogP contribution in [0.4, 0.5) is 0 Å². The fourth-order valence-corrected chi connectivity index (χ4v) is 2.20. The highest BCUT2D eigenvalue weighted by Gasteiger charge is 2.24. The van der Waals surface area contributed by atoms with Gasteiger partial charge in [0.15, 0.2) is 11.5 Å². The summed E-state index contributed by atoms with van der Waals surface area (Å²) in [6, 6.07) is 1.94. The van der Waals surface area contributed by atoms with Gasteiger partial charge in [-0.2, -0.15) is 0 Å². The third kappa shape index (κ3) is 2.41. The van der Waals surface area contributed by atoms with Gasteiger partial charge in [0, 0.05) is 11.4 Å². The molecule has 0 fully saturated rings. The van der Waals surface area contributed by atoms with E-state index in [1.807, 2.05) is 6.07 Å². The minimum Gasteiger partial charge on any atom is -0.492 e. The van der Waals surface area contributed by atoms with Crippen molar-refractivity contribution in [2.24, 2.45) is 0 Å². The van der Waals surface area contributed by atoms with E-state index in [0.717, 1.165) is 23.3 Å². The first kappa shape index (κ1) is 13.1. The standard InChI is InChI=1S/C14H17ClO3/c1-9(2)4-5-11-10(7-15)6-12-14(13(11)16-3)18-8-17-12/h4,6H,5,7-8H2,1-3H3. The van der Waals surface area contributed by atoms with Crippen molar-refractivity contribution >= 4 is 11.6 Å². The number of hydrogen-bond donors (Lipinski definition) is 0. The molecule has 1 aliphatic rings. The molecule has 0 saturated carbocycles. The van der Waals surface area contributed by atoms with Crippen molar-refractivity contribution < 1.29 is 14.2 Å². The van der Waals surface area contributed by atoms with Gasteiger partial charge in [0.1, 0.15) is 0 Å².